The lowest BCUT2D eigenvalue weighted by Crippen LogP contribution is -2.01. The van der Waals surface area contributed by atoms with Crippen molar-refractivity contribution < 1.29 is 4.74 Å². The van der Waals surface area contributed by atoms with Gasteiger partial charge in [0.25, 0.3) is 0 Å². The summed E-state index contributed by atoms with van der Waals surface area (Å²) in [5, 5.41) is 9.35. The molecule has 0 atom stereocenters. The molecule has 0 N–H and O–H groups in total. The van der Waals surface area contributed by atoms with E-state index in [1.54, 1.807) is 6.07 Å². The molecule has 19 heavy (non-hydrogen) atoms. The van der Waals surface area contributed by atoms with E-state index < -0.39 is 0 Å². The Labute approximate surface area is 117 Å². The van der Waals surface area contributed by atoms with Crippen LogP contribution in [0, 0.1) is 25.2 Å². The first-order valence-corrected chi connectivity index (χ1v) is 6.23. The summed E-state index contributed by atoms with van der Waals surface area (Å²) in [7, 11) is 0. The zero-order valence-corrected chi connectivity index (χ0v) is 11.5. The molecule has 0 spiro atoms. The highest BCUT2D eigenvalue weighted by molar-refractivity contribution is 6.29. The van der Waals surface area contributed by atoms with Crippen molar-refractivity contribution in [3.8, 4) is 11.8 Å². The molecular weight excluding hydrogens is 260 g/mol. The Hall–Kier alpha value is -2.05. The first-order valence-electron chi connectivity index (χ1n) is 5.85. The monoisotopic (exact) mass is 272 g/mol. The first-order chi connectivity index (χ1) is 9.10. The van der Waals surface area contributed by atoms with Gasteiger partial charge < -0.3 is 4.74 Å². The number of nitriles is 1. The molecule has 1 aromatic heterocycles. The molecule has 0 aliphatic rings. The second-order valence-electron chi connectivity index (χ2n) is 4.29. The van der Waals surface area contributed by atoms with Crippen LogP contribution in [-0.4, -0.2) is 4.98 Å². The number of hydrogen-bond donors (Lipinski definition) is 0. The summed E-state index contributed by atoms with van der Waals surface area (Å²) in [6.45, 7) is 4.21. The van der Waals surface area contributed by atoms with Gasteiger partial charge >= 0.3 is 0 Å². The summed E-state index contributed by atoms with van der Waals surface area (Å²) >= 11 is 5.83. The molecule has 1 aromatic carbocycles. The van der Waals surface area contributed by atoms with Gasteiger partial charge in [-0.3, -0.25) is 0 Å². The fourth-order valence-electron chi connectivity index (χ4n) is 1.92. The maximum absolute atomic E-state index is 8.90. The maximum Gasteiger partial charge on any atom is 0.130 e. The quantitative estimate of drug-likeness (QED) is 0.799. The summed E-state index contributed by atoms with van der Waals surface area (Å²) in [6.07, 6.45) is 0. The number of benzene rings is 1. The molecule has 0 saturated heterocycles. The Bertz CT molecular complexity index is 624. The van der Waals surface area contributed by atoms with Crippen LogP contribution >= 0.6 is 11.6 Å². The van der Waals surface area contributed by atoms with Crippen molar-refractivity contribution >= 4 is 11.6 Å². The topological polar surface area (TPSA) is 45.9 Å². The molecule has 96 valence electrons. The molecule has 0 aliphatic carbocycles. The number of aromatic nitrogens is 1. The third kappa shape index (κ3) is 3.24. The van der Waals surface area contributed by atoms with Crippen molar-refractivity contribution in [1.82, 2.24) is 4.98 Å². The molecular formula is C15H13ClN2O. The number of nitrogens with zero attached hydrogens (tertiary/aromatic N) is 2. The van der Waals surface area contributed by atoms with Crippen LogP contribution in [-0.2, 0) is 6.61 Å². The number of ether oxygens (including phenoxy) is 1. The molecule has 3 nitrogen and oxygen atoms in total. The predicted octanol–water partition coefficient (Wildman–Crippen LogP) is 3.80. The number of pyridine rings is 1. The first kappa shape index (κ1) is 13.4. The van der Waals surface area contributed by atoms with Gasteiger partial charge in [0.1, 0.15) is 17.5 Å². The van der Waals surface area contributed by atoms with Crippen LogP contribution in [0.5, 0.6) is 5.75 Å². The maximum atomic E-state index is 8.90. The molecule has 0 amide bonds. The van der Waals surface area contributed by atoms with Gasteiger partial charge in [-0.2, -0.15) is 5.26 Å². The van der Waals surface area contributed by atoms with Crippen LogP contribution in [0.2, 0.25) is 5.15 Å². The standard InChI is InChI=1S/C15H13ClN2O/c1-10-6-12(8-17)7-11(2)15(10)19-9-13-4-3-5-14(16)18-13/h3-7H,9H2,1-2H3. The van der Waals surface area contributed by atoms with Crippen LogP contribution < -0.4 is 4.74 Å². The van der Waals surface area contributed by atoms with E-state index >= 15 is 0 Å². The summed E-state index contributed by atoms with van der Waals surface area (Å²) in [4.78, 5) is 4.17. The van der Waals surface area contributed by atoms with Crippen molar-refractivity contribution in [2.45, 2.75) is 20.5 Å². The van der Waals surface area contributed by atoms with Crippen LogP contribution in [0.3, 0.4) is 0 Å². The lowest BCUT2D eigenvalue weighted by Gasteiger charge is -2.12. The predicted molar refractivity (Wildman–Crippen MR) is 74.2 cm³/mol. The highest BCUT2D eigenvalue weighted by Crippen LogP contribution is 2.25. The number of hydrogen-bond acceptors (Lipinski definition) is 3. The molecule has 0 saturated carbocycles. The summed E-state index contributed by atoms with van der Waals surface area (Å²) in [6, 6.07) is 11.2. The molecule has 0 aliphatic heterocycles. The van der Waals surface area contributed by atoms with Crippen LogP contribution in [0.15, 0.2) is 30.3 Å². The van der Waals surface area contributed by atoms with Gasteiger partial charge in [0.15, 0.2) is 0 Å². The molecule has 2 aromatic rings. The summed E-state index contributed by atoms with van der Waals surface area (Å²) in [5.41, 5.74) is 3.30. The van der Waals surface area contributed by atoms with Crippen molar-refractivity contribution in [3.63, 3.8) is 0 Å². The zero-order valence-electron chi connectivity index (χ0n) is 10.8. The van der Waals surface area contributed by atoms with Gasteiger partial charge in [0.05, 0.1) is 17.3 Å². The van der Waals surface area contributed by atoms with E-state index in [1.807, 2.05) is 38.1 Å². The minimum absolute atomic E-state index is 0.355. The fourth-order valence-corrected chi connectivity index (χ4v) is 2.10. The van der Waals surface area contributed by atoms with Crippen LogP contribution in [0.25, 0.3) is 0 Å². The Morgan fingerprint density at radius 3 is 2.53 bits per heavy atom. The van der Waals surface area contributed by atoms with E-state index in [0.717, 1.165) is 22.6 Å². The summed E-state index contributed by atoms with van der Waals surface area (Å²) < 4.78 is 5.78. The van der Waals surface area contributed by atoms with Crippen molar-refractivity contribution in [2.75, 3.05) is 0 Å². The minimum Gasteiger partial charge on any atom is -0.487 e. The van der Waals surface area contributed by atoms with Gasteiger partial charge in [-0.05, 0) is 49.2 Å². The van der Waals surface area contributed by atoms with E-state index in [-0.39, 0.29) is 0 Å². The summed E-state index contributed by atoms with van der Waals surface area (Å²) in [5.74, 6) is 0.792. The van der Waals surface area contributed by atoms with E-state index in [9.17, 15) is 0 Å². The van der Waals surface area contributed by atoms with E-state index in [4.69, 9.17) is 21.6 Å². The van der Waals surface area contributed by atoms with Gasteiger partial charge in [-0.1, -0.05) is 17.7 Å². The van der Waals surface area contributed by atoms with Gasteiger partial charge in [-0.25, -0.2) is 4.98 Å². The zero-order chi connectivity index (χ0) is 13.8. The molecule has 0 bridgehead atoms. The van der Waals surface area contributed by atoms with Gasteiger partial charge in [0.2, 0.25) is 0 Å². The average molecular weight is 273 g/mol. The minimum atomic E-state index is 0.355. The lowest BCUT2D eigenvalue weighted by molar-refractivity contribution is 0.297. The van der Waals surface area contributed by atoms with Crippen molar-refractivity contribution in [1.29, 1.82) is 5.26 Å². The fraction of sp³-hybridized carbons (Fsp3) is 0.200. The Morgan fingerprint density at radius 2 is 1.95 bits per heavy atom. The Balaban J connectivity index is 2.18. The normalized spacial score (nSPS) is 10.0. The molecule has 4 heteroatoms. The molecule has 2 rings (SSSR count). The second-order valence-corrected chi connectivity index (χ2v) is 4.68. The molecule has 0 fully saturated rings. The third-order valence-electron chi connectivity index (χ3n) is 2.73. The average Bonchev–Trinajstić information content (AvgIpc) is 2.37. The lowest BCUT2D eigenvalue weighted by atomic mass is 10.1. The van der Waals surface area contributed by atoms with Crippen LogP contribution in [0.4, 0.5) is 0 Å². The third-order valence-corrected chi connectivity index (χ3v) is 2.94. The van der Waals surface area contributed by atoms with Gasteiger partial charge in [-0.15, -0.1) is 0 Å². The second kappa shape index (κ2) is 5.73. The smallest absolute Gasteiger partial charge is 0.130 e. The van der Waals surface area contributed by atoms with Crippen LogP contribution in [0.1, 0.15) is 22.4 Å². The van der Waals surface area contributed by atoms with Crippen molar-refractivity contribution in [3.05, 3.63) is 57.9 Å². The highest BCUT2D eigenvalue weighted by Gasteiger charge is 2.07. The van der Waals surface area contributed by atoms with Gasteiger partial charge in [0, 0.05) is 0 Å². The van der Waals surface area contributed by atoms with E-state index in [1.165, 1.54) is 0 Å². The SMILES string of the molecule is Cc1cc(C#N)cc(C)c1OCc1cccc(Cl)n1. The highest BCUT2D eigenvalue weighted by atomic mass is 35.5. The molecule has 0 unspecified atom stereocenters. The number of halogens is 1. The largest absolute Gasteiger partial charge is 0.487 e. The Morgan fingerprint density at radius 1 is 1.26 bits per heavy atom. The molecule has 0 radical (unpaired) electrons. The van der Waals surface area contributed by atoms with E-state index in [0.29, 0.717) is 17.3 Å². The van der Waals surface area contributed by atoms with Crippen molar-refractivity contribution in [2.24, 2.45) is 0 Å². The number of rotatable bonds is 3. The Kier molecular flexibility index (Phi) is 4.03. The molecule has 1 heterocycles. The van der Waals surface area contributed by atoms with E-state index in [2.05, 4.69) is 11.1 Å². The number of aryl methyl sites for hydroxylation is 2.